The fourth-order valence-corrected chi connectivity index (χ4v) is 3.56. The molecule has 1 heterocycles. The summed E-state index contributed by atoms with van der Waals surface area (Å²) in [5.74, 6) is -0.172. The second-order valence-corrected chi connectivity index (χ2v) is 6.24. The van der Waals surface area contributed by atoms with Gasteiger partial charge in [0.25, 0.3) is 5.91 Å². The minimum Gasteiger partial charge on any atom is -0.316 e. The number of aromatic nitrogens is 1. The highest BCUT2D eigenvalue weighted by atomic mass is 32.1. The second-order valence-electron chi connectivity index (χ2n) is 5.24. The van der Waals surface area contributed by atoms with Crippen LogP contribution >= 0.6 is 11.3 Å². The van der Waals surface area contributed by atoms with Crippen LogP contribution in [0.3, 0.4) is 0 Å². The third-order valence-electron chi connectivity index (χ3n) is 3.61. The Morgan fingerprint density at radius 2 is 1.86 bits per heavy atom. The van der Waals surface area contributed by atoms with Crippen LogP contribution < -0.4 is 4.80 Å². The van der Waals surface area contributed by atoms with Crippen molar-refractivity contribution in [3.05, 3.63) is 64.5 Å². The van der Waals surface area contributed by atoms with E-state index in [1.165, 1.54) is 0 Å². The smallest absolute Gasteiger partial charge is 0.279 e. The van der Waals surface area contributed by atoms with Crippen LogP contribution in [0.5, 0.6) is 0 Å². The van der Waals surface area contributed by atoms with Crippen molar-refractivity contribution < 1.29 is 4.79 Å². The van der Waals surface area contributed by atoms with E-state index in [0.717, 1.165) is 33.5 Å². The van der Waals surface area contributed by atoms with E-state index in [4.69, 9.17) is 0 Å². The number of carbonyl (C=O) groups excluding carboxylic acids is 1. The molecule has 0 saturated carbocycles. The van der Waals surface area contributed by atoms with Crippen molar-refractivity contribution in [3.63, 3.8) is 0 Å². The summed E-state index contributed by atoms with van der Waals surface area (Å²) in [6.07, 6.45) is 1.01. The van der Waals surface area contributed by atoms with E-state index in [1.807, 2.05) is 43.3 Å². The largest absolute Gasteiger partial charge is 0.316 e. The molecule has 0 bridgehead atoms. The lowest BCUT2D eigenvalue weighted by molar-refractivity contribution is 0.0997. The molecule has 1 aromatic heterocycles. The fourth-order valence-electron chi connectivity index (χ4n) is 2.51. The Bertz CT molecular complexity index is 889. The van der Waals surface area contributed by atoms with Gasteiger partial charge < -0.3 is 4.57 Å². The quantitative estimate of drug-likeness (QED) is 0.715. The summed E-state index contributed by atoms with van der Waals surface area (Å²) in [6, 6.07) is 15.8. The zero-order chi connectivity index (χ0) is 15.5. The van der Waals surface area contributed by atoms with Gasteiger partial charge in [0.1, 0.15) is 0 Å². The minimum atomic E-state index is -0.172. The predicted octanol–water partition coefficient (Wildman–Crippen LogP) is 4.16. The molecule has 0 saturated heterocycles. The zero-order valence-corrected chi connectivity index (χ0v) is 13.6. The summed E-state index contributed by atoms with van der Waals surface area (Å²) in [7, 11) is 0. The lowest BCUT2D eigenvalue weighted by Gasteiger charge is -2.03. The van der Waals surface area contributed by atoms with Crippen LogP contribution in [0.15, 0.2) is 53.5 Å². The molecule has 0 aliphatic carbocycles. The molecule has 0 unspecified atom stereocenters. The lowest BCUT2D eigenvalue weighted by Crippen LogP contribution is -2.17. The summed E-state index contributed by atoms with van der Waals surface area (Å²) in [6.45, 7) is 4.93. The highest BCUT2D eigenvalue weighted by Gasteiger charge is 2.10. The average molecular weight is 310 g/mol. The molecular formula is C18H18N2OS. The Kier molecular flexibility index (Phi) is 4.20. The maximum absolute atomic E-state index is 12.5. The SMILES string of the molecule is CCCn1c(=NC(=O)c2ccccc2C)sc2ccccc21. The van der Waals surface area contributed by atoms with E-state index in [0.29, 0.717) is 5.56 Å². The molecule has 3 nitrogen and oxygen atoms in total. The zero-order valence-electron chi connectivity index (χ0n) is 12.7. The highest BCUT2D eigenvalue weighted by molar-refractivity contribution is 7.16. The molecule has 0 spiro atoms. The van der Waals surface area contributed by atoms with Crippen molar-refractivity contribution in [1.29, 1.82) is 0 Å². The van der Waals surface area contributed by atoms with Crippen LogP contribution in [-0.2, 0) is 6.54 Å². The highest BCUT2D eigenvalue weighted by Crippen LogP contribution is 2.17. The van der Waals surface area contributed by atoms with Crippen molar-refractivity contribution >= 4 is 27.5 Å². The first kappa shape index (κ1) is 14.7. The number of hydrogen-bond acceptors (Lipinski definition) is 2. The summed E-state index contributed by atoms with van der Waals surface area (Å²) in [4.78, 5) is 17.7. The van der Waals surface area contributed by atoms with Crippen molar-refractivity contribution in [2.45, 2.75) is 26.8 Å². The molecule has 0 N–H and O–H groups in total. The van der Waals surface area contributed by atoms with Crippen LogP contribution in [-0.4, -0.2) is 10.5 Å². The lowest BCUT2D eigenvalue weighted by atomic mass is 10.1. The third-order valence-corrected chi connectivity index (χ3v) is 4.67. The van der Waals surface area contributed by atoms with Crippen molar-refractivity contribution in [2.75, 3.05) is 0 Å². The summed E-state index contributed by atoms with van der Waals surface area (Å²) in [5.41, 5.74) is 2.77. The molecule has 0 atom stereocenters. The van der Waals surface area contributed by atoms with Crippen LogP contribution in [0.25, 0.3) is 10.2 Å². The Balaban J connectivity index is 2.14. The normalized spacial score (nSPS) is 12.0. The maximum atomic E-state index is 12.5. The predicted molar refractivity (Wildman–Crippen MR) is 91.2 cm³/mol. The van der Waals surface area contributed by atoms with E-state index in [1.54, 1.807) is 11.3 Å². The van der Waals surface area contributed by atoms with Gasteiger partial charge in [-0.15, -0.1) is 0 Å². The molecule has 0 aliphatic rings. The molecule has 2 aromatic carbocycles. The number of fused-ring (bicyclic) bond motifs is 1. The van der Waals surface area contributed by atoms with Gasteiger partial charge in [0.05, 0.1) is 10.2 Å². The molecular weight excluding hydrogens is 292 g/mol. The summed E-state index contributed by atoms with van der Waals surface area (Å²) in [5, 5.41) is 0. The number of amides is 1. The van der Waals surface area contributed by atoms with Crippen LogP contribution in [0.2, 0.25) is 0 Å². The van der Waals surface area contributed by atoms with Crippen molar-refractivity contribution in [2.24, 2.45) is 4.99 Å². The number of benzene rings is 2. The van der Waals surface area contributed by atoms with Gasteiger partial charge >= 0.3 is 0 Å². The van der Waals surface area contributed by atoms with Gasteiger partial charge in [-0.05, 0) is 37.1 Å². The molecule has 112 valence electrons. The molecule has 0 radical (unpaired) electrons. The van der Waals surface area contributed by atoms with Gasteiger partial charge in [-0.1, -0.05) is 48.6 Å². The fraction of sp³-hybridized carbons (Fsp3) is 0.222. The van der Waals surface area contributed by atoms with Crippen LogP contribution in [0.1, 0.15) is 29.3 Å². The third kappa shape index (κ3) is 2.74. The van der Waals surface area contributed by atoms with E-state index >= 15 is 0 Å². The monoisotopic (exact) mass is 310 g/mol. The van der Waals surface area contributed by atoms with Gasteiger partial charge in [-0.3, -0.25) is 4.79 Å². The minimum absolute atomic E-state index is 0.172. The van der Waals surface area contributed by atoms with Crippen molar-refractivity contribution in [3.8, 4) is 0 Å². The number of nitrogens with zero attached hydrogens (tertiary/aromatic N) is 2. The van der Waals surface area contributed by atoms with Crippen LogP contribution in [0.4, 0.5) is 0 Å². The van der Waals surface area contributed by atoms with Crippen LogP contribution in [0, 0.1) is 6.92 Å². The molecule has 22 heavy (non-hydrogen) atoms. The van der Waals surface area contributed by atoms with E-state index in [-0.39, 0.29) is 5.91 Å². The van der Waals surface area contributed by atoms with E-state index < -0.39 is 0 Å². The summed E-state index contributed by atoms with van der Waals surface area (Å²) >= 11 is 1.57. The second kappa shape index (κ2) is 6.28. The first-order valence-electron chi connectivity index (χ1n) is 7.43. The van der Waals surface area contributed by atoms with Gasteiger partial charge in [-0.25, -0.2) is 0 Å². The number of hydrogen-bond donors (Lipinski definition) is 0. The number of para-hydroxylation sites is 1. The van der Waals surface area contributed by atoms with Gasteiger partial charge in [0.15, 0.2) is 4.80 Å². The Labute approximate surface area is 133 Å². The first-order chi connectivity index (χ1) is 10.7. The van der Waals surface area contributed by atoms with Gasteiger partial charge in [0.2, 0.25) is 0 Å². The van der Waals surface area contributed by atoms with Gasteiger partial charge in [0, 0.05) is 12.1 Å². The Morgan fingerprint density at radius 1 is 1.14 bits per heavy atom. The van der Waals surface area contributed by atoms with E-state index in [9.17, 15) is 4.79 Å². The standard InChI is InChI=1S/C18H18N2OS/c1-3-12-20-15-10-6-7-11-16(15)22-18(20)19-17(21)14-9-5-4-8-13(14)2/h4-11H,3,12H2,1-2H3. The molecule has 3 rings (SSSR count). The topological polar surface area (TPSA) is 34.4 Å². The average Bonchev–Trinajstić information content (AvgIpc) is 2.86. The summed E-state index contributed by atoms with van der Waals surface area (Å²) < 4.78 is 3.29. The number of thiazole rings is 1. The van der Waals surface area contributed by atoms with Gasteiger partial charge in [-0.2, -0.15) is 4.99 Å². The number of rotatable bonds is 3. The molecule has 3 aromatic rings. The number of carbonyl (C=O) groups is 1. The molecule has 0 aliphatic heterocycles. The van der Waals surface area contributed by atoms with Crippen molar-refractivity contribution in [1.82, 2.24) is 4.57 Å². The maximum Gasteiger partial charge on any atom is 0.279 e. The Morgan fingerprint density at radius 3 is 2.64 bits per heavy atom. The first-order valence-corrected chi connectivity index (χ1v) is 8.25. The molecule has 0 fully saturated rings. The Hall–Kier alpha value is -2.20. The van der Waals surface area contributed by atoms with E-state index in [2.05, 4.69) is 28.6 Å². The number of aryl methyl sites for hydroxylation is 2. The molecule has 4 heteroatoms. The molecule has 1 amide bonds.